The molecule has 0 spiro atoms. The van der Waals surface area contributed by atoms with Gasteiger partial charge < -0.3 is 10.2 Å². The highest BCUT2D eigenvalue weighted by Gasteiger charge is 2.34. The van der Waals surface area contributed by atoms with E-state index in [4.69, 9.17) is 0 Å². The fourth-order valence-corrected chi connectivity index (χ4v) is 4.81. The van der Waals surface area contributed by atoms with E-state index in [1.807, 2.05) is 37.4 Å². The number of carbonyl (C=O) groups is 1. The molecule has 1 aliphatic heterocycles. The van der Waals surface area contributed by atoms with Crippen LogP contribution >= 0.6 is 11.8 Å². The fourth-order valence-electron chi connectivity index (χ4n) is 2.52. The summed E-state index contributed by atoms with van der Waals surface area (Å²) in [7, 11) is -3.00. The molecule has 0 bridgehead atoms. The number of hydrogen-bond acceptors (Lipinski definition) is 4. The molecule has 2 rings (SSSR count). The van der Waals surface area contributed by atoms with Gasteiger partial charge in [-0.05, 0) is 31.7 Å². The molecule has 1 N–H and O–H groups in total. The molecule has 0 aromatic heterocycles. The van der Waals surface area contributed by atoms with Crippen molar-refractivity contribution in [1.82, 2.24) is 4.90 Å². The Balaban J connectivity index is 2.11. The highest BCUT2D eigenvalue weighted by atomic mass is 32.2. The summed E-state index contributed by atoms with van der Waals surface area (Å²) >= 11 is 1.56. The molecule has 7 heteroatoms. The van der Waals surface area contributed by atoms with Crippen LogP contribution < -0.4 is 5.32 Å². The second-order valence-corrected chi connectivity index (χ2v) is 8.05. The van der Waals surface area contributed by atoms with Crippen molar-refractivity contribution in [3.05, 3.63) is 24.3 Å². The first-order valence-corrected chi connectivity index (χ1v) is 9.92. The summed E-state index contributed by atoms with van der Waals surface area (Å²) in [5.41, 5.74) is 0.759. The molecule has 0 aliphatic carbocycles. The third-order valence-electron chi connectivity index (χ3n) is 3.60. The molecule has 116 valence electrons. The van der Waals surface area contributed by atoms with E-state index in [9.17, 15) is 13.2 Å². The molecule has 21 heavy (non-hydrogen) atoms. The van der Waals surface area contributed by atoms with Crippen molar-refractivity contribution in [2.45, 2.75) is 24.3 Å². The van der Waals surface area contributed by atoms with E-state index in [2.05, 4.69) is 5.32 Å². The minimum atomic E-state index is -3.00. The Hall–Kier alpha value is -1.21. The maximum Gasteiger partial charge on any atom is 0.322 e. The van der Waals surface area contributed by atoms with Crippen LogP contribution in [0.3, 0.4) is 0 Å². The fraction of sp³-hybridized carbons (Fsp3) is 0.500. The maximum absolute atomic E-state index is 12.4. The number of thioether (sulfide) groups is 1. The van der Waals surface area contributed by atoms with Crippen LogP contribution in [0.4, 0.5) is 10.5 Å². The van der Waals surface area contributed by atoms with Crippen molar-refractivity contribution in [2.75, 3.05) is 29.6 Å². The Bertz CT molecular complexity index is 616. The number of sulfone groups is 1. The van der Waals surface area contributed by atoms with Gasteiger partial charge >= 0.3 is 6.03 Å². The van der Waals surface area contributed by atoms with Gasteiger partial charge in [0.05, 0.1) is 17.2 Å². The van der Waals surface area contributed by atoms with Crippen molar-refractivity contribution in [3.63, 3.8) is 0 Å². The number of urea groups is 1. The molecular formula is C14H20N2O3S2. The Kier molecular flexibility index (Phi) is 5.16. The lowest BCUT2D eigenvalue weighted by molar-refractivity contribution is 0.197. The van der Waals surface area contributed by atoms with Gasteiger partial charge in [0.2, 0.25) is 0 Å². The topological polar surface area (TPSA) is 66.5 Å². The molecule has 1 atom stereocenters. The summed E-state index contributed by atoms with van der Waals surface area (Å²) in [5, 5.41) is 2.89. The molecule has 5 nitrogen and oxygen atoms in total. The van der Waals surface area contributed by atoms with Crippen molar-refractivity contribution < 1.29 is 13.2 Å². The zero-order valence-electron chi connectivity index (χ0n) is 12.2. The normalized spacial score (nSPS) is 20.2. The van der Waals surface area contributed by atoms with Gasteiger partial charge in [-0.15, -0.1) is 11.8 Å². The molecule has 1 aromatic rings. The Morgan fingerprint density at radius 1 is 1.43 bits per heavy atom. The molecule has 1 heterocycles. The first kappa shape index (κ1) is 16.2. The van der Waals surface area contributed by atoms with E-state index < -0.39 is 9.84 Å². The number of hydrogen-bond donors (Lipinski definition) is 1. The minimum Gasteiger partial charge on any atom is -0.321 e. The van der Waals surface area contributed by atoms with Crippen LogP contribution in [0, 0.1) is 0 Å². The van der Waals surface area contributed by atoms with Crippen LogP contribution in [0.2, 0.25) is 0 Å². The van der Waals surface area contributed by atoms with Crippen LogP contribution in [0.15, 0.2) is 29.2 Å². The van der Waals surface area contributed by atoms with Gasteiger partial charge in [0.1, 0.15) is 0 Å². The lowest BCUT2D eigenvalue weighted by Gasteiger charge is -2.27. The second-order valence-electron chi connectivity index (χ2n) is 4.97. The summed E-state index contributed by atoms with van der Waals surface area (Å²) < 4.78 is 23.2. The average molecular weight is 328 g/mol. The van der Waals surface area contributed by atoms with Crippen molar-refractivity contribution >= 4 is 33.3 Å². The Morgan fingerprint density at radius 3 is 2.71 bits per heavy atom. The molecule has 1 aromatic carbocycles. The average Bonchev–Trinajstić information content (AvgIpc) is 2.80. The van der Waals surface area contributed by atoms with Crippen LogP contribution in [0.5, 0.6) is 0 Å². The van der Waals surface area contributed by atoms with Crippen LogP contribution in [0.1, 0.15) is 13.3 Å². The first-order valence-electron chi connectivity index (χ1n) is 6.88. The van der Waals surface area contributed by atoms with E-state index in [0.29, 0.717) is 13.0 Å². The van der Waals surface area contributed by atoms with E-state index in [0.717, 1.165) is 10.6 Å². The zero-order chi connectivity index (χ0) is 15.5. The van der Waals surface area contributed by atoms with Crippen molar-refractivity contribution in [1.29, 1.82) is 0 Å². The quantitative estimate of drug-likeness (QED) is 0.862. The number of anilines is 1. The van der Waals surface area contributed by atoms with Gasteiger partial charge in [0, 0.05) is 17.5 Å². The number of para-hydroxylation sites is 1. The van der Waals surface area contributed by atoms with Gasteiger partial charge in [0.25, 0.3) is 0 Å². The molecule has 1 fully saturated rings. The molecule has 2 amide bonds. The maximum atomic E-state index is 12.4. The number of nitrogens with zero attached hydrogens (tertiary/aromatic N) is 1. The summed E-state index contributed by atoms with van der Waals surface area (Å²) in [4.78, 5) is 15.0. The molecule has 0 radical (unpaired) electrons. The molecule has 1 saturated heterocycles. The molecular weight excluding hydrogens is 308 g/mol. The monoisotopic (exact) mass is 328 g/mol. The predicted octanol–water partition coefficient (Wildman–Crippen LogP) is 2.45. The lowest BCUT2D eigenvalue weighted by Crippen LogP contribution is -2.43. The molecule has 1 aliphatic rings. The van der Waals surface area contributed by atoms with E-state index in [1.165, 1.54) is 0 Å². The lowest BCUT2D eigenvalue weighted by atomic mass is 10.2. The van der Waals surface area contributed by atoms with Crippen molar-refractivity contribution in [2.24, 2.45) is 0 Å². The second kappa shape index (κ2) is 6.70. The van der Waals surface area contributed by atoms with Gasteiger partial charge in [-0.1, -0.05) is 12.1 Å². The van der Waals surface area contributed by atoms with Crippen molar-refractivity contribution in [3.8, 4) is 0 Å². The highest BCUT2D eigenvalue weighted by Crippen LogP contribution is 2.25. The SMILES string of the molecule is CCN(C(=O)Nc1ccccc1SC)C1CCS(=O)(=O)C1. The van der Waals surface area contributed by atoms with Gasteiger partial charge in [-0.3, -0.25) is 0 Å². The summed E-state index contributed by atoms with van der Waals surface area (Å²) in [5.74, 6) is 0.237. The zero-order valence-corrected chi connectivity index (χ0v) is 13.8. The summed E-state index contributed by atoms with van der Waals surface area (Å²) in [6.07, 6.45) is 2.47. The number of carbonyl (C=O) groups excluding carboxylic acids is 1. The van der Waals surface area contributed by atoms with Gasteiger partial charge in [0.15, 0.2) is 9.84 Å². The van der Waals surface area contributed by atoms with Crippen LogP contribution in [-0.4, -0.2) is 49.7 Å². The van der Waals surface area contributed by atoms with E-state index in [-0.39, 0.29) is 23.6 Å². The smallest absolute Gasteiger partial charge is 0.321 e. The largest absolute Gasteiger partial charge is 0.322 e. The summed E-state index contributed by atoms with van der Waals surface area (Å²) in [6.45, 7) is 2.36. The highest BCUT2D eigenvalue weighted by molar-refractivity contribution is 7.98. The number of rotatable bonds is 4. The number of benzene rings is 1. The van der Waals surface area contributed by atoms with Gasteiger partial charge in [-0.25, -0.2) is 13.2 Å². The Morgan fingerprint density at radius 2 is 2.14 bits per heavy atom. The molecule has 1 unspecified atom stereocenters. The summed E-state index contributed by atoms with van der Waals surface area (Å²) in [6, 6.07) is 7.12. The van der Waals surface area contributed by atoms with Gasteiger partial charge in [-0.2, -0.15) is 0 Å². The minimum absolute atomic E-state index is 0.0679. The van der Waals surface area contributed by atoms with E-state index in [1.54, 1.807) is 16.7 Å². The number of nitrogens with one attached hydrogen (secondary N) is 1. The van der Waals surface area contributed by atoms with Crippen LogP contribution in [-0.2, 0) is 9.84 Å². The predicted molar refractivity (Wildman–Crippen MR) is 86.7 cm³/mol. The molecule has 0 saturated carbocycles. The van der Waals surface area contributed by atoms with E-state index >= 15 is 0 Å². The number of amides is 2. The van der Waals surface area contributed by atoms with Crippen LogP contribution in [0.25, 0.3) is 0 Å². The standard InChI is InChI=1S/C14H20N2O3S2/c1-3-16(11-8-9-21(18,19)10-11)14(17)15-12-6-4-5-7-13(12)20-2/h4-7,11H,3,8-10H2,1-2H3,(H,15,17). The Labute approximate surface area is 130 Å². The third-order valence-corrected chi connectivity index (χ3v) is 6.15. The first-order chi connectivity index (χ1) is 9.96. The third kappa shape index (κ3) is 3.91.